The van der Waals surface area contributed by atoms with Gasteiger partial charge in [0.15, 0.2) is 5.82 Å². The molecule has 0 fully saturated rings. The molecule has 6 nitrogen and oxygen atoms in total. The van der Waals surface area contributed by atoms with Crippen LogP contribution in [0.25, 0.3) is 11.0 Å². The van der Waals surface area contributed by atoms with Crippen LogP contribution in [0.4, 0.5) is 0 Å². The molecule has 0 bridgehead atoms. The number of aromatic nitrogens is 5. The molecule has 7 heteroatoms. The van der Waals surface area contributed by atoms with E-state index in [4.69, 9.17) is 18.1 Å². The lowest BCUT2D eigenvalue weighted by atomic mass is 10.3. The molecule has 3 aromatic rings. The number of rotatable bonds is 2. The third-order valence-electron chi connectivity index (χ3n) is 2.62. The highest BCUT2D eigenvalue weighted by Crippen LogP contribution is 2.12. The van der Waals surface area contributed by atoms with Gasteiger partial charge in [-0.2, -0.15) is 5.10 Å². The Kier molecular flexibility index (Phi) is 2.19. The van der Waals surface area contributed by atoms with Crippen molar-refractivity contribution in [3.8, 4) is 0 Å². The van der Waals surface area contributed by atoms with Gasteiger partial charge in [0, 0.05) is 0 Å². The lowest BCUT2D eigenvalue weighted by Gasteiger charge is -2.02. The largest absolute Gasteiger partial charge is 0.335 e. The van der Waals surface area contributed by atoms with Crippen molar-refractivity contribution in [1.82, 2.24) is 24.4 Å². The molecule has 0 saturated carbocycles. The van der Waals surface area contributed by atoms with Gasteiger partial charge in [0.25, 0.3) is 0 Å². The molecule has 2 aromatic heterocycles. The molecule has 86 valence electrons. The van der Waals surface area contributed by atoms with Gasteiger partial charge in [-0.25, -0.2) is 9.66 Å². The van der Waals surface area contributed by atoms with Crippen molar-refractivity contribution >= 4 is 23.3 Å². The molecule has 3 rings (SSSR count). The van der Waals surface area contributed by atoms with E-state index in [0.29, 0.717) is 17.1 Å². The van der Waals surface area contributed by atoms with Crippen LogP contribution in [0.2, 0.25) is 0 Å². The van der Waals surface area contributed by atoms with E-state index >= 15 is 0 Å². The summed E-state index contributed by atoms with van der Waals surface area (Å²) >= 11 is 4.96. The highest BCUT2D eigenvalue weighted by atomic mass is 32.1. The monoisotopic (exact) mass is 246 g/mol. The van der Waals surface area contributed by atoms with Crippen LogP contribution in [0, 0.1) is 4.77 Å². The highest BCUT2D eigenvalue weighted by Gasteiger charge is 2.06. The van der Waals surface area contributed by atoms with Gasteiger partial charge in [0.2, 0.25) is 4.77 Å². The standard InChI is InChI=1S/C10H10N6S/c11-16-9(13-14-10(16)17)5-15-6-12-7-3-1-2-4-8(7)15/h1-4,6H,5,11H2,(H,14,17). The Hall–Kier alpha value is -2.15. The van der Waals surface area contributed by atoms with Crippen molar-refractivity contribution in [2.75, 3.05) is 5.84 Å². The van der Waals surface area contributed by atoms with Gasteiger partial charge in [-0.1, -0.05) is 12.1 Å². The second kappa shape index (κ2) is 3.70. The van der Waals surface area contributed by atoms with Crippen LogP contribution in [0.5, 0.6) is 0 Å². The van der Waals surface area contributed by atoms with Crippen molar-refractivity contribution in [2.45, 2.75) is 6.54 Å². The van der Waals surface area contributed by atoms with Crippen molar-refractivity contribution in [2.24, 2.45) is 0 Å². The third-order valence-corrected chi connectivity index (χ3v) is 2.90. The number of nitrogens with two attached hydrogens (primary N) is 1. The Morgan fingerprint density at radius 1 is 1.35 bits per heavy atom. The SMILES string of the molecule is Nn1c(Cn2cnc3ccccc32)n[nH]c1=S. The van der Waals surface area contributed by atoms with Crippen LogP contribution in [0.1, 0.15) is 5.82 Å². The maximum atomic E-state index is 5.75. The predicted octanol–water partition coefficient (Wildman–Crippen LogP) is 1.05. The molecule has 0 aliphatic rings. The van der Waals surface area contributed by atoms with E-state index in [1.54, 1.807) is 6.33 Å². The molecule has 0 spiro atoms. The van der Waals surface area contributed by atoms with E-state index in [1.807, 2.05) is 28.8 Å². The van der Waals surface area contributed by atoms with Gasteiger partial charge in [-0.15, -0.1) is 0 Å². The number of hydrogen-bond acceptors (Lipinski definition) is 4. The molecule has 0 aliphatic heterocycles. The normalized spacial score (nSPS) is 11.1. The first-order valence-electron chi connectivity index (χ1n) is 5.07. The minimum Gasteiger partial charge on any atom is -0.335 e. The molecule has 3 N–H and O–H groups in total. The average molecular weight is 246 g/mol. The van der Waals surface area contributed by atoms with Crippen molar-refractivity contribution in [1.29, 1.82) is 0 Å². The predicted molar refractivity (Wildman–Crippen MR) is 66.4 cm³/mol. The van der Waals surface area contributed by atoms with Crippen molar-refractivity contribution in [3.05, 3.63) is 41.2 Å². The molecule has 0 saturated heterocycles. The maximum absolute atomic E-state index is 5.75. The zero-order chi connectivity index (χ0) is 11.8. The van der Waals surface area contributed by atoms with Crippen LogP contribution >= 0.6 is 12.2 Å². The van der Waals surface area contributed by atoms with Gasteiger partial charge in [-0.05, 0) is 24.4 Å². The number of nitrogens with zero attached hydrogens (tertiary/aromatic N) is 4. The number of H-pyrrole nitrogens is 1. The van der Waals surface area contributed by atoms with Crippen LogP contribution in [-0.4, -0.2) is 24.4 Å². The first-order chi connectivity index (χ1) is 8.25. The van der Waals surface area contributed by atoms with Crippen LogP contribution < -0.4 is 5.84 Å². The third kappa shape index (κ3) is 1.60. The minimum atomic E-state index is 0.407. The van der Waals surface area contributed by atoms with E-state index in [9.17, 15) is 0 Å². The molecular formula is C10H10N6S. The summed E-state index contributed by atoms with van der Waals surface area (Å²) in [6, 6.07) is 7.90. The van der Waals surface area contributed by atoms with Crippen LogP contribution in [0.3, 0.4) is 0 Å². The summed E-state index contributed by atoms with van der Waals surface area (Å²) < 4.78 is 3.75. The molecule has 2 heterocycles. The molecule has 0 radical (unpaired) electrons. The molecule has 0 unspecified atom stereocenters. The first-order valence-corrected chi connectivity index (χ1v) is 5.48. The Bertz CT molecular complexity index is 722. The van der Waals surface area contributed by atoms with E-state index in [1.165, 1.54) is 4.68 Å². The smallest absolute Gasteiger partial charge is 0.214 e. The number of hydrogen-bond donors (Lipinski definition) is 2. The lowest BCUT2D eigenvalue weighted by molar-refractivity contribution is 0.729. The maximum Gasteiger partial charge on any atom is 0.214 e. The summed E-state index contributed by atoms with van der Waals surface area (Å²) in [5, 5.41) is 6.72. The van der Waals surface area contributed by atoms with Crippen LogP contribution in [-0.2, 0) is 6.54 Å². The summed E-state index contributed by atoms with van der Waals surface area (Å²) in [5.41, 5.74) is 1.99. The van der Waals surface area contributed by atoms with E-state index in [2.05, 4.69) is 15.2 Å². The average Bonchev–Trinajstić information content (AvgIpc) is 2.89. The molecule has 0 aliphatic carbocycles. The highest BCUT2D eigenvalue weighted by molar-refractivity contribution is 7.71. The molecule has 0 amide bonds. The second-order valence-electron chi connectivity index (χ2n) is 3.68. The van der Waals surface area contributed by atoms with Crippen LogP contribution in [0.15, 0.2) is 30.6 Å². The number of para-hydroxylation sites is 2. The van der Waals surface area contributed by atoms with Gasteiger partial charge >= 0.3 is 0 Å². The Balaban J connectivity index is 2.06. The van der Waals surface area contributed by atoms with Crippen molar-refractivity contribution in [3.63, 3.8) is 0 Å². The minimum absolute atomic E-state index is 0.407. The number of fused-ring (bicyclic) bond motifs is 1. The number of aromatic amines is 1. The van der Waals surface area contributed by atoms with Gasteiger partial charge in [-0.3, -0.25) is 5.10 Å². The topological polar surface area (TPSA) is 77.4 Å². The summed E-state index contributed by atoms with van der Waals surface area (Å²) in [6.07, 6.45) is 1.77. The van der Waals surface area contributed by atoms with Gasteiger partial charge in [0.1, 0.15) is 0 Å². The summed E-state index contributed by atoms with van der Waals surface area (Å²) in [4.78, 5) is 4.30. The summed E-state index contributed by atoms with van der Waals surface area (Å²) in [7, 11) is 0. The number of nitrogen functional groups attached to an aromatic ring is 1. The molecule has 17 heavy (non-hydrogen) atoms. The van der Waals surface area contributed by atoms with E-state index < -0.39 is 0 Å². The lowest BCUT2D eigenvalue weighted by Crippen LogP contribution is -2.15. The first kappa shape index (κ1) is 10.0. The second-order valence-corrected chi connectivity index (χ2v) is 4.06. The number of benzene rings is 1. The summed E-state index contributed by atoms with van der Waals surface area (Å²) in [5.74, 6) is 6.41. The van der Waals surface area contributed by atoms with E-state index in [0.717, 1.165) is 11.0 Å². The van der Waals surface area contributed by atoms with Crippen molar-refractivity contribution < 1.29 is 0 Å². The van der Waals surface area contributed by atoms with E-state index in [-0.39, 0.29) is 0 Å². The van der Waals surface area contributed by atoms with Gasteiger partial charge in [0.05, 0.1) is 23.9 Å². The fourth-order valence-electron chi connectivity index (χ4n) is 1.74. The molecule has 0 atom stereocenters. The molecular weight excluding hydrogens is 236 g/mol. The number of imidazole rings is 1. The Morgan fingerprint density at radius 2 is 2.18 bits per heavy atom. The Labute approximate surface area is 102 Å². The molecule has 1 aromatic carbocycles. The zero-order valence-electron chi connectivity index (χ0n) is 8.87. The van der Waals surface area contributed by atoms with Gasteiger partial charge < -0.3 is 10.4 Å². The fourth-order valence-corrected chi connectivity index (χ4v) is 1.89. The fraction of sp³-hybridized carbons (Fsp3) is 0.100. The zero-order valence-corrected chi connectivity index (χ0v) is 9.68. The Morgan fingerprint density at radius 3 is 2.94 bits per heavy atom. The summed E-state index contributed by atoms with van der Waals surface area (Å²) in [6.45, 7) is 0.532. The quantitative estimate of drug-likeness (QED) is 0.523. The number of nitrogens with one attached hydrogen (secondary N) is 1.